The summed E-state index contributed by atoms with van der Waals surface area (Å²) in [5.41, 5.74) is 6.87. The van der Waals surface area contributed by atoms with Gasteiger partial charge in [-0.15, -0.1) is 5.10 Å². The van der Waals surface area contributed by atoms with E-state index in [-0.39, 0.29) is 17.0 Å². The van der Waals surface area contributed by atoms with Crippen LogP contribution in [-0.4, -0.2) is 20.8 Å². The molecule has 1 aromatic carbocycles. The van der Waals surface area contributed by atoms with E-state index >= 15 is 0 Å². The average molecular weight is 327 g/mol. The zero-order valence-electron chi connectivity index (χ0n) is 12.0. The van der Waals surface area contributed by atoms with E-state index in [9.17, 15) is 4.79 Å². The van der Waals surface area contributed by atoms with Gasteiger partial charge in [-0.1, -0.05) is 48.5 Å². The van der Waals surface area contributed by atoms with Crippen LogP contribution in [0.4, 0.5) is 0 Å². The van der Waals surface area contributed by atoms with Crippen LogP contribution in [0.2, 0.25) is 5.02 Å². The number of benzene rings is 1. The Morgan fingerprint density at radius 1 is 1.48 bits per heavy atom. The first kappa shape index (κ1) is 16.1. The summed E-state index contributed by atoms with van der Waals surface area (Å²) in [5, 5.41) is 7.85. The van der Waals surface area contributed by atoms with Crippen LogP contribution >= 0.6 is 23.4 Å². The van der Waals surface area contributed by atoms with Crippen LogP contribution in [0.5, 0.6) is 0 Å². The molecule has 2 aromatic rings. The Labute approximate surface area is 132 Å². The average Bonchev–Trinajstić information content (AvgIpc) is 2.79. The molecule has 2 rings (SSSR count). The fraction of sp³-hybridized carbons (Fsp3) is 0.429. The lowest BCUT2D eigenvalue weighted by molar-refractivity contribution is 0.600. The zero-order chi connectivity index (χ0) is 15.4. The van der Waals surface area contributed by atoms with Gasteiger partial charge in [0.25, 0.3) is 0 Å². The van der Waals surface area contributed by atoms with Crippen molar-refractivity contribution in [3.8, 4) is 0 Å². The summed E-state index contributed by atoms with van der Waals surface area (Å²) >= 11 is 7.73. The van der Waals surface area contributed by atoms with Gasteiger partial charge in [-0.3, -0.25) is 4.57 Å². The van der Waals surface area contributed by atoms with Crippen LogP contribution in [0.3, 0.4) is 0 Å². The van der Waals surface area contributed by atoms with Gasteiger partial charge in [0.1, 0.15) is 0 Å². The van der Waals surface area contributed by atoms with E-state index in [0.29, 0.717) is 16.7 Å². The van der Waals surface area contributed by atoms with Crippen LogP contribution in [0.15, 0.2) is 34.2 Å². The minimum absolute atomic E-state index is 0.0653. The monoisotopic (exact) mass is 326 g/mol. The molecule has 0 spiro atoms. The maximum atomic E-state index is 11.8. The van der Waals surface area contributed by atoms with Gasteiger partial charge in [0.15, 0.2) is 5.16 Å². The Bertz CT molecular complexity index is 652. The van der Waals surface area contributed by atoms with Crippen molar-refractivity contribution in [3.05, 3.63) is 45.3 Å². The molecule has 0 aliphatic rings. The van der Waals surface area contributed by atoms with E-state index in [2.05, 4.69) is 10.2 Å². The number of hydrogen-bond acceptors (Lipinski definition) is 4. The number of aromatic amines is 1. The Hall–Kier alpha value is -1.24. The number of H-pyrrole nitrogens is 1. The minimum Gasteiger partial charge on any atom is -0.327 e. The molecular formula is C14H19ClN4OS. The molecule has 0 aliphatic heterocycles. The van der Waals surface area contributed by atoms with E-state index in [0.717, 1.165) is 12.0 Å². The van der Waals surface area contributed by atoms with Crippen molar-refractivity contribution < 1.29 is 0 Å². The molecule has 1 aromatic heterocycles. The van der Waals surface area contributed by atoms with E-state index in [1.807, 2.05) is 38.1 Å². The highest BCUT2D eigenvalue weighted by molar-refractivity contribution is 7.99. The summed E-state index contributed by atoms with van der Waals surface area (Å²) in [5.74, 6) is 0. The fourth-order valence-electron chi connectivity index (χ4n) is 2.09. The maximum absolute atomic E-state index is 11.8. The zero-order valence-corrected chi connectivity index (χ0v) is 13.6. The Balaban J connectivity index is 2.34. The van der Waals surface area contributed by atoms with Crippen molar-refractivity contribution in [2.75, 3.05) is 0 Å². The molecule has 21 heavy (non-hydrogen) atoms. The molecule has 0 saturated carbocycles. The Kier molecular flexibility index (Phi) is 5.50. The van der Waals surface area contributed by atoms with Crippen LogP contribution in [0, 0.1) is 0 Å². The predicted octanol–water partition coefficient (Wildman–Crippen LogP) is 2.82. The first-order valence-corrected chi connectivity index (χ1v) is 8.12. The molecular weight excluding hydrogens is 308 g/mol. The number of halogens is 1. The van der Waals surface area contributed by atoms with Gasteiger partial charge < -0.3 is 5.73 Å². The Morgan fingerprint density at radius 2 is 2.19 bits per heavy atom. The summed E-state index contributed by atoms with van der Waals surface area (Å²) in [6.45, 7) is 4.58. The number of aromatic nitrogens is 3. The van der Waals surface area contributed by atoms with Gasteiger partial charge in [0.05, 0.1) is 5.25 Å². The smallest absolute Gasteiger partial charge is 0.327 e. The molecule has 5 nitrogen and oxygen atoms in total. The summed E-state index contributed by atoms with van der Waals surface area (Å²) < 4.78 is 1.64. The van der Waals surface area contributed by atoms with Crippen molar-refractivity contribution in [3.63, 3.8) is 0 Å². The Morgan fingerprint density at radius 3 is 2.81 bits per heavy atom. The third-order valence-corrected chi connectivity index (χ3v) is 4.90. The number of hydrogen-bond donors (Lipinski definition) is 2. The van der Waals surface area contributed by atoms with Gasteiger partial charge in [-0.2, -0.15) is 0 Å². The molecule has 0 amide bonds. The van der Waals surface area contributed by atoms with Gasteiger partial charge >= 0.3 is 5.69 Å². The summed E-state index contributed by atoms with van der Waals surface area (Å²) in [6.07, 6.45) is 0.863. The summed E-state index contributed by atoms with van der Waals surface area (Å²) in [4.78, 5) is 11.8. The minimum atomic E-state index is -0.193. The first-order chi connectivity index (χ1) is 10.0. The van der Waals surface area contributed by atoms with Crippen LogP contribution in [0.25, 0.3) is 0 Å². The first-order valence-electron chi connectivity index (χ1n) is 6.86. The van der Waals surface area contributed by atoms with Gasteiger partial charge in [-0.25, -0.2) is 9.89 Å². The van der Waals surface area contributed by atoms with Crippen LogP contribution in [-0.2, 0) is 6.54 Å². The third-order valence-electron chi connectivity index (χ3n) is 3.09. The second-order valence-corrected chi connectivity index (χ2v) is 6.40. The van der Waals surface area contributed by atoms with E-state index in [1.54, 1.807) is 4.57 Å². The van der Waals surface area contributed by atoms with Gasteiger partial charge in [0.2, 0.25) is 0 Å². The van der Waals surface area contributed by atoms with Gasteiger partial charge in [-0.05, 0) is 25.0 Å². The molecule has 2 unspecified atom stereocenters. The number of nitrogens with one attached hydrogen (secondary N) is 1. The van der Waals surface area contributed by atoms with Crippen molar-refractivity contribution in [1.29, 1.82) is 0 Å². The SMILES string of the molecule is CCCn1c(SC(c2ccccc2Cl)C(C)N)n[nH]c1=O. The molecule has 0 radical (unpaired) electrons. The van der Waals surface area contributed by atoms with Crippen molar-refractivity contribution >= 4 is 23.4 Å². The van der Waals surface area contributed by atoms with Gasteiger partial charge in [0, 0.05) is 17.6 Å². The highest BCUT2D eigenvalue weighted by atomic mass is 35.5. The molecule has 1 heterocycles. The molecule has 0 saturated heterocycles. The number of thioether (sulfide) groups is 1. The van der Waals surface area contributed by atoms with Crippen LogP contribution in [0.1, 0.15) is 31.1 Å². The molecule has 0 fully saturated rings. The normalized spacial score (nSPS) is 14.1. The van der Waals surface area contributed by atoms with Crippen molar-refractivity contribution in [1.82, 2.24) is 14.8 Å². The second-order valence-electron chi connectivity index (χ2n) is 4.88. The molecule has 0 bridgehead atoms. The molecule has 2 atom stereocenters. The quantitative estimate of drug-likeness (QED) is 0.800. The molecule has 0 aliphatic carbocycles. The van der Waals surface area contributed by atoms with Crippen molar-refractivity contribution in [2.24, 2.45) is 5.73 Å². The van der Waals surface area contributed by atoms with E-state index in [4.69, 9.17) is 17.3 Å². The van der Waals surface area contributed by atoms with Crippen LogP contribution < -0.4 is 11.4 Å². The predicted molar refractivity (Wildman–Crippen MR) is 86.8 cm³/mol. The lowest BCUT2D eigenvalue weighted by Gasteiger charge is -2.21. The molecule has 114 valence electrons. The molecule has 3 N–H and O–H groups in total. The maximum Gasteiger partial charge on any atom is 0.343 e. The topological polar surface area (TPSA) is 76.7 Å². The highest BCUT2D eigenvalue weighted by Crippen LogP contribution is 2.38. The van der Waals surface area contributed by atoms with Crippen molar-refractivity contribution in [2.45, 2.75) is 43.3 Å². The number of nitrogens with zero attached hydrogens (tertiary/aromatic N) is 2. The molecule has 7 heteroatoms. The van der Waals surface area contributed by atoms with E-state index < -0.39 is 0 Å². The number of nitrogens with two attached hydrogens (primary N) is 1. The lowest BCUT2D eigenvalue weighted by Crippen LogP contribution is -2.24. The standard InChI is InChI=1S/C14H19ClN4OS/c1-3-8-19-13(20)17-18-14(19)21-12(9(2)16)10-6-4-5-7-11(10)15/h4-7,9,12H,3,8,16H2,1-2H3,(H,17,20). The lowest BCUT2D eigenvalue weighted by atomic mass is 10.1. The van der Waals surface area contributed by atoms with E-state index in [1.165, 1.54) is 11.8 Å². The second kappa shape index (κ2) is 7.15. The number of rotatable bonds is 6. The third kappa shape index (κ3) is 3.70. The summed E-state index contributed by atoms with van der Waals surface area (Å²) in [6, 6.07) is 7.49. The fourth-order valence-corrected chi connectivity index (χ4v) is 3.58. The summed E-state index contributed by atoms with van der Waals surface area (Å²) in [7, 11) is 0. The largest absolute Gasteiger partial charge is 0.343 e. The highest BCUT2D eigenvalue weighted by Gasteiger charge is 2.23.